The predicted molar refractivity (Wildman–Crippen MR) is 98.7 cm³/mol. The van der Waals surface area contributed by atoms with Crippen molar-refractivity contribution < 1.29 is 27.1 Å². The Balaban J connectivity index is 1.95. The summed E-state index contributed by atoms with van der Waals surface area (Å²) in [6.07, 6.45) is -3.39. The third-order valence-corrected chi connectivity index (χ3v) is 3.93. The summed E-state index contributed by atoms with van der Waals surface area (Å²) in [5.74, 6) is -1.44. The van der Waals surface area contributed by atoms with Crippen molar-refractivity contribution in [2.45, 2.75) is 19.5 Å². The molecule has 0 fully saturated rings. The normalized spacial score (nSPS) is 11.3. The number of hydrogen-bond donors (Lipinski definition) is 1. The zero-order valence-corrected chi connectivity index (χ0v) is 15.3. The fraction of sp³-hybridized carbons (Fsp3) is 0.200. The van der Waals surface area contributed by atoms with Crippen LogP contribution in [0.5, 0.6) is 5.75 Å². The maximum atomic E-state index is 14.0. The van der Waals surface area contributed by atoms with Crippen molar-refractivity contribution in [2.24, 2.45) is 0 Å². The van der Waals surface area contributed by atoms with Gasteiger partial charge in [-0.05, 0) is 30.7 Å². The fourth-order valence-corrected chi connectivity index (χ4v) is 2.68. The molecule has 2 aromatic carbocycles. The van der Waals surface area contributed by atoms with E-state index in [9.17, 15) is 22.4 Å². The Morgan fingerprint density at radius 1 is 1.17 bits per heavy atom. The van der Waals surface area contributed by atoms with Crippen LogP contribution in [0.25, 0.3) is 5.69 Å². The average molecular weight is 407 g/mol. The van der Waals surface area contributed by atoms with Crippen molar-refractivity contribution in [3.8, 4) is 11.4 Å². The van der Waals surface area contributed by atoms with Crippen LogP contribution in [-0.2, 0) is 6.18 Å². The van der Waals surface area contributed by atoms with Gasteiger partial charge in [0.25, 0.3) is 5.91 Å². The Morgan fingerprint density at radius 3 is 2.62 bits per heavy atom. The molecule has 3 rings (SSSR count). The van der Waals surface area contributed by atoms with Crippen molar-refractivity contribution in [3.05, 3.63) is 71.8 Å². The highest BCUT2D eigenvalue weighted by atomic mass is 19.4. The van der Waals surface area contributed by atoms with Gasteiger partial charge in [0.15, 0.2) is 5.69 Å². The van der Waals surface area contributed by atoms with E-state index in [4.69, 9.17) is 4.74 Å². The molecule has 5 nitrogen and oxygen atoms in total. The summed E-state index contributed by atoms with van der Waals surface area (Å²) in [6.45, 7) is 2.39. The second kappa shape index (κ2) is 8.34. The van der Waals surface area contributed by atoms with Gasteiger partial charge in [-0.3, -0.25) is 4.79 Å². The minimum absolute atomic E-state index is 0.260. The number of nitrogens with zero attached hydrogens (tertiary/aromatic N) is 2. The van der Waals surface area contributed by atoms with Crippen molar-refractivity contribution in [1.29, 1.82) is 0 Å². The van der Waals surface area contributed by atoms with Crippen LogP contribution >= 0.6 is 0 Å². The highest BCUT2D eigenvalue weighted by Gasteiger charge is 2.41. The molecule has 0 aliphatic rings. The van der Waals surface area contributed by atoms with Crippen molar-refractivity contribution >= 4 is 11.6 Å². The monoisotopic (exact) mass is 407 g/mol. The lowest BCUT2D eigenvalue weighted by atomic mass is 10.2. The van der Waals surface area contributed by atoms with Crippen molar-refractivity contribution in [1.82, 2.24) is 9.78 Å². The number of alkyl halides is 3. The van der Waals surface area contributed by atoms with Crippen LogP contribution in [0.15, 0.2) is 54.7 Å². The van der Waals surface area contributed by atoms with Gasteiger partial charge in [0.2, 0.25) is 0 Å². The van der Waals surface area contributed by atoms with E-state index in [0.29, 0.717) is 17.0 Å². The SMILES string of the molecule is CCCOc1cccc(NC(=O)c2cnn(-c3ccccc3F)c2C(F)(F)F)c1. The first-order chi connectivity index (χ1) is 13.8. The number of halogens is 4. The van der Waals surface area contributed by atoms with Crippen molar-refractivity contribution in [3.63, 3.8) is 0 Å². The second-order valence-corrected chi connectivity index (χ2v) is 6.10. The molecule has 0 saturated heterocycles. The van der Waals surface area contributed by atoms with Gasteiger partial charge in [-0.25, -0.2) is 9.07 Å². The van der Waals surface area contributed by atoms with Crippen LogP contribution in [-0.4, -0.2) is 22.3 Å². The Hall–Kier alpha value is -3.36. The molecule has 9 heteroatoms. The van der Waals surface area contributed by atoms with E-state index in [0.717, 1.165) is 24.8 Å². The largest absolute Gasteiger partial charge is 0.494 e. The lowest BCUT2D eigenvalue weighted by Gasteiger charge is -2.13. The standard InChI is InChI=1S/C20H17F4N3O2/c1-2-10-29-14-7-5-6-13(11-14)26-19(28)15-12-25-27(18(15)20(22,23)24)17-9-4-3-8-16(17)21/h3-9,11-12H,2,10H2,1H3,(H,26,28). The zero-order chi connectivity index (χ0) is 21.0. The van der Waals surface area contributed by atoms with Crippen LogP contribution in [0.2, 0.25) is 0 Å². The zero-order valence-electron chi connectivity index (χ0n) is 15.3. The number of amides is 1. The van der Waals surface area contributed by atoms with Crippen LogP contribution in [0.3, 0.4) is 0 Å². The average Bonchev–Trinajstić information content (AvgIpc) is 3.12. The van der Waals surface area contributed by atoms with E-state index in [1.54, 1.807) is 12.1 Å². The van der Waals surface area contributed by atoms with Crippen LogP contribution in [0.4, 0.5) is 23.2 Å². The maximum Gasteiger partial charge on any atom is 0.434 e. The molecule has 0 spiro atoms. The lowest BCUT2D eigenvalue weighted by molar-refractivity contribution is -0.143. The molecule has 29 heavy (non-hydrogen) atoms. The Kier molecular flexibility index (Phi) is 5.86. The van der Waals surface area contributed by atoms with Gasteiger partial charge in [0.1, 0.15) is 17.3 Å². The highest BCUT2D eigenvalue weighted by molar-refractivity contribution is 6.05. The number of ether oxygens (including phenoxy) is 1. The number of carbonyl (C=O) groups is 1. The summed E-state index contributed by atoms with van der Waals surface area (Å²) in [5.41, 5.74) is -2.23. The minimum atomic E-state index is -4.93. The third kappa shape index (κ3) is 4.56. The summed E-state index contributed by atoms with van der Waals surface area (Å²) in [4.78, 5) is 12.5. The number of rotatable bonds is 6. The molecule has 1 N–H and O–H groups in total. The molecule has 3 aromatic rings. The summed E-state index contributed by atoms with van der Waals surface area (Å²) >= 11 is 0. The van der Waals surface area contributed by atoms with Gasteiger partial charge in [-0.1, -0.05) is 25.1 Å². The van der Waals surface area contributed by atoms with Crippen molar-refractivity contribution in [2.75, 3.05) is 11.9 Å². The molecular weight excluding hydrogens is 390 g/mol. The van der Waals surface area contributed by atoms with Gasteiger partial charge < -0.3 is 10.1 Å². The number of nitrogens with one attached hydrogen (secondary N) is 1. The molecular formula is C20H17F4N3O2. The molecule has 0 bridgehead atoms. The van der Waals surface area contributed by atoms with Crippen LogP contribution in [0.1, 0.15) is 29.4 Å². The highest BCUT2D eigenvalue weighted by Crippen LogP contribution is 2.34. The Labute approximate surface area is 163 Å². The summed E-state index contributed by atoms with van der Waals surface area (Å²) in [6, 6.07) is 11.2. The van der Waals surface area contributed by atoms with E-state index in [1.807, 2.05) is 6.92 Å². The predicted octanol–water partition coefficient (Wildman–Crippen LogP) is 5.07. The minimum Gasteiger partial charge on any atom is -0.494 e. The molecule has 1 amide bonds. The smallest absolute Gasteiger partial charge is 0.434 e. The summed E-state index contributed by atoms with van der Waals surface area (Å²) in [5, 5.41) is 6.01. The van der Waals surface area contributed by atoms with Gasteiger partial charge >= 0.3 is 6.18 Å². The molecule has 1 aromatic heterocycles. The van der Waals surface area contributed by atoms with E-state index >= 15 is 0 Å². The molecule has 0 radical (unpaired) electrons. The molecule has 152 valence electrons. The second-order valence-electron chi connectivity index (χ2n) is 6.10. The number of hydrogen-bond acceptors (Lipinski definition) is 3. The number of aromatic nitrogens is 2. The molecule has 1 heterocycles. The maximum absolute atomic E-state index is 14.0. The third-order valence-electron chi connectivity index (χ3n) is 3.93. The number of benzene rings is 2. The molecule has 0 aliphatic carbocycles. The van der Waals surface area contributed by atoms with Gasteiger partial charge in [-0.15, -0.1) is 0 Å². The number of anilines is 1. The Morgan fingerprint density at radius 2 is 1.93 bits per heavy atom. The van der Waals surface area contributed by atoms with E-state index in [2.05, 4.69) is 10.4 Å². The Bertz CT molecular complexity index is 1010. The fourth-order valence-electron chi connectivity index (χ4n) is 2.68. The van der Waals surface area contributed by atoms with Crippen LogP contribution in [0, 0.1) is 5.82 Å². The summed E-state index contributed by atoms with van der Waals surface area (Å²) in [7, 11) is 0. The van der Waals surface area contributed by atoms with E-state index in [1.165, 1.54) is 24.3 Å². The van der Waals surface area contributed by atoms with Crippen LogP contribution < -0.4 is 10.1 Å². The summed E-state index contributed by atoms with van der Waals surface area (Å²) < 4.78 is 60.9. The first-order valence-electron chi connectivity index (χ1n) is 8.75. The molecule has 0 aliphatic heterocycles. The molecule has 0 unspecified atom stereocenters. The van der Waals surface area contributed by atoms with E-state index in [-0.39, 0.29) is 5.69 Å². The van der Waals surface area contributed by atoms with Gasteiger partial charge in [0, 0.05) is 11.8 Å². The lowest BCUT2D eigenvalue weighted by Crippen LogP contribution is -2.21. The first-order valence-corrected chi connectivity index (χ1v) is 8.75. The number of carbonyl (C=O) groups excluding carboxylic acids is 1. The molecule has 0 saturated carbocycles. The molecule has 0 atom stereocenters. The van der Waals surface area contributed by atoms with Gasteiger partial charge in [0.05, 0.1) is 18.4 Å². The van der Waals surface area contributed by atoms with Gasteiger partial charge in [-0.2, -0.15) is 18.3 Å². The number of para-hydroxylation sites is 1. The topological polar surface area (TPSA) is 56.1 Å². The first kappa shape index (κ1) is 20.4. The van der Waals surface area contributed by atoms with E-state index < -0.39 is 34.8 Å². The quantitative estimate of drug-likeness (QED) is 0.581.